The molecule has 198 valence electrons. The minimum Gasteiger partial charge on any atom is -0.493 e. The van der Waals surface area contributed by atoms with Crippen LogP contribution >= 0.6 is 0 Å². The largest absolute Gasteiger partial charge is 0.493 e. The summed E-state index contributed by atoms with van der Waals surface area (Å²) in [6, 6.07) is 21.0. The number of methoxy groups -OCH3 is 1. The maximum atomic E-state index is 13.8. The van der Waals surface area contributed by atoms with Gasteiger partial charge in [0.25, 0.3) is 5.91 Å². The van der Waals surface area contributed by atoms with E-state index in [9.17, 15) is 22.4 Å². The third kappa shape index (κ3) is 9.12. The lowest BCUT2D eigenvalue weighted by molar-refractivity contribution is -0.192. The van der Waals surface area contributed by atoms with Gasteiger partial charge in [-0.05, 0) is 35.9 Å². The number of carbonyl (C=O) groups is 2. The Morgan fingerprint density at radius 1 is 0.973 bits per heavy atom. The van der Waals surface area contributed by atoms with Crippen molar-refractivity contribution in [3.63, 3.8) is 0 Å². The molecular weight excluding hydrogens is 496 g/mol. The van der Waals surface area contributed by atoms with Crippen molar-refractivity contribution < 1.29 is 41.7 Å². The van der Waals surface area contributed by atoms with Crippen molar-refractivity contribution in [1.29, 1.82) is 0 Å². The summed E-state index contributed by atoms with van der Waals surface area (Å²) in [5.74, 6) is -2.13. The van der Waals surface area contributed by atoms with Gasteiger partial charge >= 0.3 is 12.1 Å². The molecule has 0 unspecified atom stereocenters. The van der Waals surface area contributed by atoms with E-state index in [1.807, 2.05) is 30.3 Å². The van der Waals surface area contributed by atoms with E-state index >= 15 is 0 Å². The smallest absolute Gasteiger partial charge is 0.490 e. The molecule has 0 atom stereocenters. The summed E-state index contributed by atoms with van der Waals surface area (Å²) in [5, 5.41) is 7.12. The lowest BCUT2D eigenvalue weighted by Crippen LogP contribution is -2.34. The van der Waals surface area contributed by atoms with Crippen LogP contribution in [0.25, 0.3) is 0 Å². The standard InChI is InChI=1S/C24H25FN2O3.C2HF3O2/c1-29-23-15-18(11-12-22(23)30-17-20-9-5-6-10-21(20)25)16-27(14-13-26)24(28)19-7-3-2-4-8-19;3-2(4,5)1(6)7/h2-12,15H,13-14,16-17,26H2,1H3;(H,6,7). The van der Waals surface area contributed by atoms with Gasteiger partial charge < -0.3 is 25.2 Å². The van der Waals surface area contributed by atoms with Gasteiger partial charge in [0.2, 0.25) is 0 Å². The third-order valence-electron chi connectivity index (χ3n) is 4.89. The van der Waals surface area contributed by atoms with Gasteiger partial charge in [0, 0.05) is 30.8 Å². The van der Waals surface area contributed by atoms with E-state index in [4.69, 9.17) is 25.1 Å². The molecule has 1 amide bonds. The molecule has 0 saturated heterocycles. The Kier molecular flexibility index (Phi) is 10.9. The highest BCUT2D eigenvalue weighted by atomic mass is 19.4. The second-order valence-electron chi connectivity index (χ2n) is 7.55. The average molecular weight is 522 g/mol. The topological polar surface area (TPSA) is 102 Å². The molecule has 3 rings (SSSR count). The van der Waals surface area contributed by atoms with Gasteiger partial charge in [-0.25, -0.2) is 9.18 Å². The number of halogens is 4. The number of hydrogen-bond acceptors (Lipinski definition) is 5. The maximum absolute atomic E-state index is 13.8. The minimum absolute atomic E-state index is 0.0834. The van der Waals surface area contributed by atoms with E-state index in [1.54, 1.807) is 48.4 Å². The Morgan fingerprint density at radius 2 is 1.59 bits per heavy atom. The predicted octanol–water partition coefficient (Wildman–Crippen LogP) is 4.65. The van der Waals surface area contributed by atoms with Crippen molar-refractivity contribution in [3.05, 3.63) is 95.3 Å². The molecule has 3 aromatic rings. The fraction of sp³-hybridized carbons (Fsp3) is 0.231. The molecule has 11 heteroatoms. The van der Waals surface area contributed by atoms with Crippen LogP contribution in [0.3, 0.4) is 0 Å². The number of amides is 1. The first-order chi connectivity index (χ1) is 17.6. The van der Waals surface area contributed by atoms with Crippen LogP contribution in [0.2, 0.25) is 0 Å². The molecule has 0 bridgehead atoms. The number of carboxylic acids is 1. The van der Waals surface area contributed by atoms with Gasteiger partial charge in [0.1, 0.15) is 12.4 Å². The van der Waals surface area contributed by atoms with Gasteiger partial charge in [0.05, 0.1) is 7.11 Å². The fourth-order valence-electron chi connectivity index (χ4n) is 3.09. The zero-order valence-corrected chi connectivity index (χ0v) is 19.9. The van der Waals surface area contributed by atoms with E-state index in [-0.39, 0.29) is 18.3 Å². The van der Waals surface area contributed by atoms with Crippen molar-refractivity contribution in [2.45, 2.75) is 19.3 Å². The van der Waals surface area contributed by atoms with Crippen LogP contribution in [0.1, 0.15) is 21.5 Å². The third-order valence-corrected chi connectivity index (χ3v) is 4.89. The summed E-state index contributed by atoms with van der Waals surface area (Å²) in [5.41, 5.74) is 7.67. The Balaban J connectivity index is 0.000000604. The van der Waals surface area contributed by atoms with E-state index in [1.165, 1.54) is 6.07 Å². The molecule has 0 aliphatic carbocycles. The first-order valence-electron chi connectivity index (χ1n) is 10.9. The highest BCUT2D eigenvalue weighted by Crippen LogP contribution is 2.29. The number of aliphatic carboxylic acids is 1. The summed E-state index contributed by atoms with van der Waals surface area (Å²) in [4.78, 5) is 23.4. The quantitative estimate of drug-likeness (QED) is 0.397. The number of carboxylic acid groups (broad SMARTS) is 1. The summed E-state index contributed by atoms with van der Waals surface area (Å²) >= 11 is 0. The number of carbonyl (C=O) groups excluding carboxylic acids is 1. The number of nitrogens with two attached hydrogens (primary N) is 1. The highest BCUT2D eigenvalue weighted by molar-refractivity contribution is 5.94. The zero-order valence-electron chi connectivity index (χ0n) is 19.9. The summed E-state index contributed by atoms with van der Waals surface area (Å²) in [6.45, 7) is 1.27. The first-order valence-corrected chi connectivity index (χ1v) is 10.9. The SMILES string of the molecule is COc1cc(CN(CCN)C(=O)c2ccccc2)ccc1OCc1ccccc1F.O=C(O)C(F)(F)F. The van der Waals surface area contributed by atoms with Crippen molar-refractivity contribution in [2.24, 2.45) is 5.73 Å². The number of hydrogen-bond donors (Lipinski definition) is 2. The van der Waals surface area contributed by atoms with E-state index in [0.29, 0.717) is 42.3 Å². The molecule has 0 aliphatic rings. The van der Waals surface area contributed by atoms with Crippen LogP contribution in [-0.2, 0) is 17.9 Å². The molecule has 0 spiro atoms. The summed E-state index contributed by atoms with van der Waals surface area (Å²) in [7, 11) is 1.54. The maximum Gasteiger partial charge on any atom is 0.490 e. The molecule has 0 saturated carbocycles. The Labute approximate surface area is 211 Å². The van der Waals surface area contributed by atoms with Crippen LogP contribution < -0.4 is 15.2 Å². The summed E-state index contributed by atoms with van der Waals surface area (Å²) < 4.78 is 56.7. The molecule has 3 aromatic carbocycles. The number of rotatable bonds is 9. The number of ether oxygens (including phenoxy) is 2. The Bertz CT molecular complexity index is 1170. The number of alkyl halides is 3. The van der Waals surface area contributed by atoms with Gasteiger partial charge in [-0.3, -0.25) is 4.79 Å². The highest BCUT2D eigenvalue weighted by Gasteiger charge is 2.38. The van der Waals surface area contributed by atoms with Crippen LogP contribution in [-0.4, -0.2) is 48.3 Å². The molecule has 0 heterocycles. The van der Waals surface area contributed by atoms with Crippen molar-refractivity contribution in [3.8, 4) is 11.5 Å². The molecule has 3 N–H and O–H groups in total. The lowest BCUT2D eigenvalue weighted by atomic mass is 10.1. The molecule has 7 nitrogen and oxygen atoms in total. The monoisotopic (exact) mass is 522 g/mol. The minimum atomic E-state index is -5.08. The second kappa shape index (κ2) is 13.8. The van der Waals surface area contributed by atoms with Crippen molar-refractivity contribution >= 4 is 11.9 Å². The Morgan fingerprint density at radius 3 is 2.16 bits per heavy atom. The van der Waals surface area contributed by atoms with Crippen molar-refractivity contribution in [1.82, 2.24) is 4.90 Å². The Hall–Kier alpha value is -4.12. The van der Waals surface area contributed by atoms with Crippen LogP contribution in [0.5, 0.6) is 11.5 Å². The van der Waals surface area contributed by atoms with Crippen molar-refractivity contribution in [2.75, 3.05) is 20.2 Å². The number of nitrogens with zero attached hydrogens (tertiary/aromatic N) is 1. The second-order valence-corrected chi connectivity index (χ2v) is 7.55. The van der Waals surface area contributed by atoms with E-state index in [0.717, 1.165) is 5.56 Å². The van der Waals surface area contributed by atoms with E-state index in [2.05, 4.69) is 0 Å². The molecule has 0 aliphatic heterocycles. The fourth-order valence-corrected chi connectivity index (χ4v) is 3.09. The van der Waals surface area contributed by atoms with Gasteiger partial charge in [0.15, 0.2) is 11.5 Å². The number of benzene rings is 3. The average Bonchev–Trinajstić information content (AvgIpc) is 2.88. The van der Waals surface area contributed by atoms with Gasteiger partial charge in [-0.15, -0.1) is 0 Å². The normalized spacial score (nSPS) is 10.6. The van der Waals surface area contributed by atoms with Crippen LogP contribution in [0, 0.1) is 5.82 Å². The van der Waals surface area contributed by atoms with Gasteiger partial charge in [-0.1, -0.05) is 42.5 Å². The molecule has 0 radical (unpaired) electrons. The van der Waals surface area contributed by atoms with Crippen LogP contribution in [0.4, 0.5) is 17.6 Å². The molecule has 0 aromatic heterocycles. The molecular formula is C26H26F4N2O5. The zero-order chi connectivity index (χ0) is 27.4. The summed E-state index contributed by atoms with van der Waals surface area (Å²) in [6.07, 6.45) is -5.08. The van der Waals surface area contributed by atoms with Gasteiger partial charge in [-0.2, -0.15) is 13.2 Å². The van der Waals surface area contributed by atoms with Crippen LogP contribution in [0.15, 0.2) is 72.8 Å². The van der Waals surface area contributed by atoms with E-state index < -0.39 is 12.1 Å². The predicted molar refractivity (Wildman–Crippen MR) is 128 cm³/mol. The molecule has 0 fully saturated rings. The molecule has 37 heavy (non-hydrogen) atoms. The lowest BCUT2D eigenvalue weighted by Gasteiger charge is -2.23. The first kappa shape index (κ1) is 29.1.